The number of rotatable bonds is 5. The number of benzene rings is 2. The summed E-state index contributed by atoms with van der Waals surface area (Å²) in [5, 5.41) is 6.41. The van der Waals surface area contributed by atoms with Gasteiger partial charge in [0.25, 0.3) is 5.91 Å². The molecule has 0 bridgehead atoms. The minimum absolute atomic E-state index is 0.170. The van der Waals surface area contributed by atoms with Crippen molar-refractivity contribution < 1.29 is 22.8 Å². The molecule has 0 saturated carbocycles. The molecule has 0 aliphatic heterocycles. The van der Waals surface area contributed by atoms with Gasteiger partial charge in [-0.05, 0) is 24.1 Å². The average molecular weight is 419 g/mol. The second-order valence-electron chi connectivity index (χ2n) is 5.95. The van der Waals surface area contributed by atoms with E-state index < -0.39 is 22.7 Å². The number of oxime groups is 1. The predicted molar refractivity (Wildman–Crippen MR) is 106 cm³/mol. The first-order valence-electron chi connectivity index (χ1n) is 8.41. The molecule has 0 fully saturated rings. The van der Waals surface area contributed by atoms with Crippen molar-refractivity contribution in [2.24, 2.45) is 5.16 Å². The molecule has 0 atom stereocenters. The van der Waals surface area contributed by atoms with Crippen molar-refractivity contribution in [1.29, 1.82) is 0 Å². The summed E-state index contributed by atoms with van der Waals surface area (Å²) in [5.74, 6) is -0.905. The number of nitrogens with zero attached hydrogens (tertiary/aromatic N) is 2. The first-order chi connectivity index (χ1) is 13.8. The van der Waals surface area contributed by atoms with Crippen molar-refractivity contribution in [1.82, 2.24) is 4.98 Å². The third-order valence-corrected chi connectivity index (χ3v) is 4.93. The summed E-state index contributed by atoms with van der Waals surface area (Å²) in [7, 11) is 1.44. The van der Waals surface area contributed by atoms with Crippen LogP contribution in [0.3, 0.4) is 0 Å². The molecule has 3 aromatic rings. The molecule has 29 heavy (non-hydrogen) atoms. The number of amides is 1. The maximum Gasteiger partial charge on any atom is 0.427 e. The zero-order valence-corrected chi connectivity index (χ0v) is 16.3. The van der Waals surface area contributed by atoms with Gasteiger partial charge in [-0.25, -0.2) is 4.98 Å². The van der Waals surface area contributed by atoms with Gasteiger partial charge in [-0.3, -0.25) is 4.79 Å². The number of hydrogen-bond donors (Lipinski definition) is 1. The molecule has 2 aromatic carbocycles. The molecule has 1 amide bonds. The van der Waals surface area contributed by atoms with Gasteiger partial charge in [0.1, 0.15) is 12.0 Å². The molecular weight excluding hydrogens is 403 g/mol. The molecule has 0 aliphatic rings. The van der Waals surface area contributed by atoms with E-state index in [1.54, 1.807) is 30.5 Å². The number of carbonyl (C=O) groups excluding carboxylic acids is 1. The topological polar surface area (TPSA) is 63.6 Å². The van der Waals surface area contributed by atoms with Crippen LogP contribution in [-0.4, -0.2) is 24.2 Å². The van der Waals surface area contributed by atoms with Crippen molar-refractivity contribution in [2.45, 2.75) is 13.1 Å². The molecule has 1 heterocycles. The van der Waals surface area contributed by atoms with E-state index in [4.69, 9.17) is 0 Å². The molecule has 150 valence electrons. The van der Waals surface area contributed by atoms with Crippen LogP contribution in [0.5, 0.6) is 0 Å². The standard InChI is InChI=1S/C20H16F3N3O2S/c1-12-25-17(18(29-12)20(21,22)23)19(27)26-16-6-4-3-5-15(16)14-9-7-13(8-10-14)11-24-28-2/h3-11H,1-2H3,(H,26,27)/b24-11+. The van der Waals surface area contributed by atoms with Crippen LogP contribution in [-0.2, 0) is 11.0 Å². The van der Waals surface area contributed by atoms with Crippen LogP contribution >= 0.6 is 11.3 Å². The highest BCUT2D eigenvalue weighted by Gasteiger charge is 2.39. The molecule has 0 saturated heterocycles. The smallest absolute Gasteiger partial charge is 0.399 e. The Kier molecular flexibility index (Phi) is 5.97. The Hall–Kier alpha value is -3.20. The lowest BCUT2D eigenvalue weighted by atomic mass is 10.0. The zero-order valence-electron chi connectivity index (χ0n) is 15.4. The lowest BCUT2D eigenvalue weighted by Crippen LogP contribution is -2.18. The quantitative estimate of drug-likeness (QED) is 0.447. The van der Waals surface area contributed by atoms with E-state index in [9.17, 15) is 18.0 Å². The minimum atomic E-state index is -4.64. The van der Waals surface area contributed by atoms with E-state index in [0.29, 0.717) is 22.6 Å². The van der Waals surface area contributed by atoms with E-state index in [1.807, 2.05) is 24.3 Å². The molecule has 0 spiro atoms. The molecular formula is C20H16F3N3O2S. The van der Waals surface area contributed by atoms with E-state index >= 15 is 0 Å². The first kappa shape index (κ1) is 20.5. The fourth-order valence-corrected chi connectivity index (χ4v) is 3.44. The van der Waals surface area contributed by atoms with Gasteiger partial charge in [0.15, 0.2) is 5.69 Å². The molecule has 0 aliphatic carbocycles. The first-order valence-corrected chi connectivity index (χ1v) is 9.23. The summed E-state index contributed by atoms with van der Waals surface area (Å²) in [6.45, 7) is 1.43. The molecule has 9 heteroatoms. The maximum atomic E-state index is 13.2. The highest BCUT2D eigenvalue weighted by molar-refractivity contribution is 7.12. The number of para-hydroxylation sites is 1. The van der Waals surface area contributed by atoms with Crippen LogP contribution in [0.1, 0.15) is 25.9 Å². The van der Waals surface area contributed by atoms with Gasteiger partial charge in [0, 0.05) is 11.3 Å². The van der Waals surface area contributed by atoms with Gasteiger partial charge in [0.05, 0.1) is 11.2 Å². The summed E-state index contributed by atoms with van der Waals surface area (Å²) < 4.78 is 39.6. The predicted octanol–water partition coefficient (Wildman–Crippen LogP) is 5.37. The lowest BCUT2D eigenvalue weighted by molar-refractivity contribution is -0.134. The number of nitrogens with one attached hydrogen (secondary N) is 1. The third-order valence-electron chi connectivity index (χ3n) is 3.91. The van der Waals surface area contributed by atoms with Crippen LogP contribution in [0.4, 0.5) is 18.9 Å². The van der Waals surface area contributed by atoms with E-state index in [-0.39, 0.29) is 5.01 Å². The summed E-state index contributed by atoms with van der Waals surface area (Å²) >= 11 is 0.449. The minimum Gasteiger partial charge on any atom is -0.399 e. The van der Waals surface area contributed by atoms with Gasteiger partial charge in [-0.15, -0.1) is 11.3 Å². The molecule has 5 nitrogen and oxygen atoms in total. The Balaban J connectivity index is 1.91. The number of hydrogen-bond acceptors (Lipinski definition) is 5. The molecule has 3 rings (SSSR count). The fourth-order valence-electron chi connectivity index (χ4n) is 2.66. The Bertz CT molecular complexity index is 1040. The van der Waals surface area contributed by atoms with Crippen molar-refractivity contribution in [3.8, 4) is 11.1 Å². The summed E-state index contributed by atoms with van der Waals surface area (Å²) in [5.41, 5.74) is 2.01. The van der Waals surface area contributed by atoms with Crippen molar-refractivity contribution in [3.05, 3.63) is 69.7 Å². The number of anilines is 1. The Morgan fingerprint density at radius 3 is 2.52 bits per heavy atom. The van der Waals surface area contributed by atoms with Gasteiger partial charge >= 0.3 is 6.18 Å². The Morgan fingerprint density at radius 1 is 1.17 bits per heavy atom. The van der Waals surface area contributed by atoms with Crippen molar-refractivity contribution in [3.63, 3.8) is 0 Å². The Morgan fingerprint density at radius 2 is 1.86 bits per heavy atom. The largest absolute Gasteiger partial charge is 0.427 e. The Labute approximate surface area is 168 Å². The van der Waals surface area contributed by atoms with Gasteiger partial charge in [-0.1, -0.05) is 47.6 Å². The van der Waals surface area contributed by atoms with Crippen LogP contribution in [0.25, 0.3) is 11.1 Å². The number of thiazole rings is 1. The lowest BCUT2D eigenvalue weighted by Gasteiger charge is -2.12. The average Bonchev–Trinajstić information content (AvgIpc) is 3.10. The van der Waals surface area contributed by atoms with E-state index in [1.165, 1.54) is 14.0 Å². The SMILES string of the molecule is CO/N=C/c1ccc(-c2ccccc2NC(=O)c2nc(C)sc2C(F)(F)F)cc1. The van der Waals surface area contributed by atoms with Crippen molar-refractivity contribution in [2.75, 3.05) is 12.4 Å². The number of halogens is 3. The maximum absolute atomic E-state index is 13.2. The highest BCUT2D eigenvalue weighted by Crippen LogP contribution is 2.37. The summed E-state index contributed by atoms with van der Waals surface area (Å²) in [6, 6.07) is 14.1. The summed E-state index contributed by atoms with van der Waals surface area (Å²) in [6.07, 6.45) is -3.10. The molecule has 1 N–H and O–H groups in total. The number of alkyl halides is 3. The van der Waals surface area contributed by atoms with Gasteiger partial charge < -0.3 is 10.2 Å². The van der Waals surface area contributed by atoms with Crippen LogP contribution in [0, 0.1) is 6.92 Å². The fraction of sp³-hybridized carbons (Fsp3) is 0.150. The number of aryl methyl sites for hydroxylation is 1. The van der Waals surface area contributed by atoms with Crippen LogP contribution in [0.15, 0.2) is 53.7 Å². The van der Waals surface area contributed by atoms with Crippen LogP contribution in [0.2, 0.25) is 0 Å². The zero-order chi connectivity index (χ0) is 21.0. The normalized spacial score (nSPS) is 11.6. The molecule has 0 radical (unpaired) electrons. The molecule has 0 unspecified atom stereocenters. The molecule has 1 aromatic heterocycles. The van der Waals surface area contributed by atoms with Crippen molar-refractivity contribution >= 4 is 29.1 Å². The van der Waals surface area contributed by atoms with E-state index in [0.717, 1.165) is 11.1 Å². The van der Waals surface area contributed by atoms with Gasteiger partial charge in [0.2, 0.25) is 0 Å². The van der Waals surface area contributed by atoms with E-state index in [2.05, 4.69) is 20.3 Å². The third kappa shape index (κ3) is 4.80. The number of carbonyl (C=O) groups is 1. The monoisotopic (exact) mass is 419 g/mol. The second kappa shape index (κ2) is 8.44. The second-order valence-corrected chi connectivity index (χ2v) is 7.15. The highest BCUT2D eigenvalue weighted by atomic mass is 32.1. The number of aromatic nitrogens is 1. The van der Waals surface area contributed by atoms with Crippen LogP contribution < -0.4 is 5.32 Å². The van der Waals surface area contributed by atoms with Gasteiger partial charge in [-0.2, -0.15) is 13.2 Å². The summed E-state index contributed by atoms with van der Waals surface area (Å²) in [4.78, 5) is 20.0.